The summed E-state index contributed by atoms with van der Waals surface area (Å²) in [6, 6.07) is 0. The minimum atomic E-state index is 0.116. The maximum absolute atomic E-state index is 12.2. The van der Waals surface area contributed by atoms with Crippen LogP contribution in [0.15, 0.2) is 6.20 Å². The number of hydrogen-bond donors (Lipinski definition) is 1. The van der Waals surface area contributed by atoms with Crippen LogP contribution >= 0.6 is 11.6 Å². The molecule has 1 aromatic heterocycles. The summed E-state index contributed by atoms with van der Waals surface area (Å²) in [5, 5.41) is 7.95. The van der Waals surface area contributed by atoms with Crippen LogP contribution < -0.4 is 5.32 Å². The van der Waals surface area contributed by atoms with Crippen molar-refractivity contribution in [3.8, 4) is 0 Å². The molecule has 1 aromatic rings. The van der Waals surface area contributed by atoms with Crippen molar-refractivity contribution in [3.05, 3.63) is 16.9 Å². The Hall–Kier alpha value is -0.870. The molecule has 0 bridgehead atoms. The van der Waals surface area contributed by atoms with Gasteiger partial charge in [0.1, 0.15) is 5.69 Å². The van der Waals surface area contributed by atoms with Gasteiger partial charge in [-0.2, -0.15) is 5.10 Å². The maximum atomic E-state index is 12.2. The Kier molecular flexibility index (Phi) is 4.78. The van der Waals surface area contributed by atoms with Crippen molar-refractivity contribution in [2.75, 3.05) is 13.1 Å². The lowest BCUT2D eigenvalue weighted by atomic mass is 9.93. The lowest BCUT2D eigenvalue weighted by molar-refractivity contribution is 0.0961. The van der Waals surface area contributed by atoms with Gasteiger partial charge in [-0.15, -0.1) is 0 Å². The molecule has 1 aliphatic rings. The molecule has 1 unspecified atom stereocenters. The Labute approximate surface area is 113 Å². The van der Waals surface area contributed by atoms with E-state index >= 15 is 0 Å². The van der Waals surface area contributed by atoms with Gasteiger partial charge in [0.25, 0.3) is 0 Å². The van der Waals surface area contributed by atoms with Crippen molar-refractivity contribution in [3.63, 3.8) is 0 Å². The third kappa shape index (κ3) is 3.12. The fourth-order valence-corrected chi connectivity index (χ4v) is 2.75. The van der Waals surface area contributed by atoms with Gasteiger partial charge in [0.15, 0.2) is 5.78 Å². The minimum Gasteiger partial charge on any atom is -0.316 e. The lowest BCUT2D eigenvalue weighted by Gasteiger charge is -2.22. The van der Waals surface area contributed by atoms with Crippen LogP contribution in [0, 0.1) is 5.92 Å². The Bertz CT molecular complexity index is 410. The second-order valence-corrected chi connectivity index (χ2v) is 5.24. The summed E-state index contributed by atoms with van der Waals surface area (Å²) >= 11 is 6.02. The van der Waals surface area contributed by atoms with E-state index in [2.05, 4.69) is 10.4 Å². The Morgan fingerprint density at radius 1 is 1.67 bits per heavy atom. The predicted molar refractivity (Wildman–Crippen MR) is 72.1 cm³/mol. The highest BCUT2D eigenvalue weighted by Crippen LogP contribution is 2.21. The molecule has 4 nitrogen and oxygen atoms in total. The normalized spacial score (nSPS) is 20.0. The molecule has 0 saturated carbocycles. The van der Waals surface area contributed by atoms with Crippen molar-refractivity contribution in [1.29, 1.82) is 0 Å². The number of nitrogens with one attached hydrogen (secondary N) is 1. The van der Waals surface area contributed by atoms with Crippen LogP contribution in [0.2, 0.25) is 5.02 Å². The lowest BCUT2D eigenvalue weighted by Crippen LogP contribution is -2.30. The second kappa shape index (κ2) is 6.34. The van der Waals surface area contributed by atoms with E-state index in [1.54, 1.807) is 10.9 Å². The number of ketones is 1. The van der Waals surface area contributed by atoms with E-state index in [0.717, 1.165) is 19.5 Å². The first-order valence-corrected chi connectivity index (χ1v) is 7.05. The number of halogens is 1. The molecule has 1 fully saturated rings. The molecule has 0 spiro atoms. The summed E-state index contributed by atoms with van der Waals surface area (Å²) in [6.45, 7) is 4.79. The summed E-state index contributed by atoms with van der Waals surface area (Å²) in [5.41, 5.74) is 0.572. The quantitative estimate of drug-likeness (QED) is 0.836. The Balaban J connectivity index is 1.92. The minimum absolute atomic E-state index is 0.116. The average molecular weight is 270 g/mol. The summed E-state index contributed by atoms with van der Waals surface area (Å²) < 4.78 is 1.68. The number of rotatable bonds is 5. The van der Waals surface area contributed by atoms with Gasteiger partial charge in [-0.3, -0.25) is 9.48 Å². The zero-order valence-electron chi connectivity index (χ0n) is 10.8. The van der Waals surface area contributed by atoms with E-state index in [1.807, 2.05) is 6.92 Å². The molecule has 0 aromatic carbocycles. The van der Waals surface area contributed by atoms with Crippen molar-refractivity contribution in [2.24, 2.45) is 5.92 Å². The molecule has 0 aliphatic carbocycles. The summed E-state index contributed by atoms with van der Waals surface area (Å²) in [6.07, 6.45) is 5.50. The van der Waals surface area contributed by atoms with Gasteiger partial charge >= 0.3 is 0 Å². The topological polar surface area (TPSA) is 46.9 Å². The molecule has 1 N–H and O–H groups in total. The molecule has 5 heteroatoms. The van der Waals surface area contributed by atoms with Gasteiger partial charge in [-0.25, -0.2) is 0 Å². The van der Waals surface area contributed by atoms with Gasteiger partial charge in [-0.1, -0.05) is 11.6 Å². The average Bonchev–Trinajstić information content (AvgIpc) is 2.78. The maximum Gasteiger partial charge on any atom is 0.182 e. The fourth-order valence-electron chi connectivity index (χ4n) is 2.50. The van der Waals surface area contributed by atoms with Crippen LogP contribution in [0.25, 0.3) is 0 Å². The van der Waals surface area contributed by atoms with Gasteiger partial charge in [0.2, 0.25) is 0 Å². The highest BCUT2D eigenvalue weighted by molar-refractivity contribution is 6.33. The van der Waals surface area contributed by atoms with Crippen LogP contribution in [-0.4, -0.2) is 28.7 Å². The Morgan fingerprint density at radius 3 is 3.17 bits per heavy atom. The SMILES string of the molecule is CCn1ncc(Cl)c1C(=O)CCC1CCCNC1. The van der Waals surface area contributed by atoms with Crippen molar-refractivity contribution < 1.29 is 4.79 Å². The van der Waals surface area contributed by atoms with Crippen LogP contribution in [0.1, 0.15) is 43.1 Å². The summed E-state index contributed by atoms with van der Waals surface area (Å²) in [5.74, 6) is 0.740. The van der Waals surface area contributed by atoms with Gasteiger partial charge in [-0.05, 0) is 45.2 Å². The van der Waals surface area contributed by atoms with Crippen LogP contribution in [0.3, 0.4) is 0 Å². The molecule has 1 saturated heterocycles. The molecule has 1 aliphatic heterocycles. The molecule has 18 heavy (non-hydrogen) atoms. The Morgan fingerprint density at radius 2 is 2.50 bits per heavy atom. The number of carbonyl (C=O) groups is 1. The first-order chi connectivity index (χ1) is 8.72. The number of Topliss-reactive ketones (excluding diaryl/α,β-unsaturated/α-hetero) is 1. The zero-order valence-corrected chi connectivity index (χ0v) is 11.5. The summed E-state index contributed by atoms with van der Waals surface area (Å²) in [4.78, 5) is 12.2. The molecule has 2 rings (SSSR count). The monoisotopic (exact) mass is 269 g/mol. The number of carbonyl (C=O) groups excluding carboxylic acids is 1. The third-order valence-electron chi connectivity index (χ3n) is 3.54. The first-order valence-electron chi connectivity index (χ1n) is 6.67. The second-order valence-electron chi connectivity index (χ2n) is 4.83. The number of nitrogens with zero attached hydrogens (tertiary/aromatic N) is 2. The van der Waals surface area contributed by atoms with Crippen LogP contribution in [0.5, 0.6) is 0 Å². The smallest absolute Gasteiger partial charge is 0.182 e. The third-order valence-corrected chi connectivity index (χ3v) is 3.81. The highest BCUT2D eigenvalue weighted by Gasteiger charge is 2.19. The molecular formula is C13H20ClN3O. The zero-order chi connectivity index (χ0) is 13.0. The number of piperidine rings is 1. The molecule has 0 radical (unpaired) electrons. The standard InChI is InChI=1S/C13H20ClN3O/c1-2-17-13(11(14)9-16-17)12(18)6-5-10-4-3-7-15-8-10/h9-10,15H,2-8H2,1H3. The van der Waals surface area contributed by atoms with E-state index in [4.69, 9.17) is 11.6 Å². The molecule has 1 atom stereocenters. The molecule has 100 valence electrons. The van der Waals surface area contributed by atoms with Gasteiger partial charge < -0.3 is 5.32 Å². The van der Waals surface area contributed by atoms with Crippen LogP contribution in [0.4, 0.5) is 0 Å². The van der Waals surface area contributed by atoms with E-state index < -0.39 is 0 Å². The van der Waals surface area contributed by atoms with Gasteiger partial charge in [0.05, 0.1) is 11.2 Å². The fraction of sp³-hybridized carbons (Fsp3) is 0.692. The number of aryl methyl sites for hydroxylation is 1. The van der Waals surface area contributed by atoms with E-state index in [-0.39, 0.29) is 5.78 Å². The van der Waals surface area contributed by atoms with Crippen molar-refractivity contribution in [1.82, 2.24) is 15.1 Å². The summed E-state index contributed by atoms with van der Waals surface area (Å²) in [7, 11) is 0. The van der Waals surface area contributed by atoms with Crippen molar-refractivity contribution >= 4 is 17.4 Å². The first kappa shape index (κ1) is 13.6. The van der Waals surface area contributed by atoms with Crippen LogP contribution in [-0.2, 0) is 6.54 Å². The van der Waals surface area contributed by atoms with E-state index in [9.17, 15) is 4.79 Å². The molecule has 0 amide bonds. The molecule has 2 heterocycles. The van der Waals surface area contributed by atoms with Crippen molar-refractivity contribution in [2.45, 2.75) is 39.2 Å². The predicted octanol–water partition coefficient (Wildman–Crippen LogP) is 2.52. The number of hydrogen-bond acceptors (Lipinski definition) is 3. The molecular weight excluding hydrogens is 250 g/mol. The van der Waals surface area contributed by atoms with E-state index in [0.29, 0.717) is 29.6 Å². The number of aromatic nitrogens is 2. The van der Waals surface area contributed by atoms with Gasteiger partial charge in [0, 0.05) is 13.0 Å². The highest BCUT2D eigenvalue weighted by atomic mass is 35.5. The largest absolute Gasteiger partial charge is 0.316 e. The van der Waals surface area contributed by atoms with E-state index in [1.165, 1.54) is 12.8 Å².